The zero-order chi connectivity index (χ0) is 19.1. The molecule has 1 N–H and O–H groups in total. The number of halogens is 1. The molecule has 2 aromatic rings. The summed E-state index contributed by atoms with van der Waals surface area (Å²) in [7, 11) is -3.78. The first kappa shape index (κ1) is 18.9. The second-order valence-electron chi connectivity index (χ2n) is 6.56. The average molecular weight is 397 g/mol. The van der Waals surface area contributed by atoms with Gasteiger partial charge in [0, 0.05) is 36.4 Å². The molecule has 0 bridgehead atoms. The predicted molar refractivity (Wildman–Crippen MR) is 98.9 cm³/mol. The van der Waals surface area contributed by atoms with Gasteiger partial charge < -0.3 is 9.67 Å². The van der Waals surface area contributed by atoms with E-state index < -0.39 is 22.0 Å². The maximum atomic E-state index is 13.4. The summed E-state index contributed by atoms with van der Waals surface area (Å²) >= 11 is 6.11. The number of fused-ring (bicyclic) bond motifs is 1. The molecule has 26 heavy (non-hydrogen) atoms. The average Bonchev–Trinajstić information content (AvgIpc) is 3.04. The maximum Gasteiger partial charge on any atom is 0.303 e. The van der Waals surface area contributed by atoms with E-state index in [9.17, 15) is 13.2 Å². The molecule has 1 aliphatic heterocycles. The Hall–Kier alpha value is -1.83. The van der Waals surface area contributed by atoms with Crippen LogP contribution in [0.4, 0.5) is 0 Å². The van der Waals surface area contributed by atoms with Crippen LogP contribution in [0.2, 0.25) is 5.02 Å². The van der Waals surface area contributed by atoms with Crippen molar-refractivity contribution >= 4 is 27.6 Å². The Morgan fingerprint density at radius 2 is 2.00 bits per heavy atom. The highest BCUT2D eigenvalue weighted by molar-refractivity contribution is 7.89. The fraction of sp³-hybridized carbons (Fsp3) is 0.389. The van der Waals surface area contributed by atoms with E-state index in [1.54, 1.807) is 26.0 Å². The SMILES string of the molecule is Cc1cc(S(=O)(=O)N2CCn3cccc3C2CCC(=O)O)c(C)cc1Cl. The highest BCUT2D eigenvalue weighted by Gasteiger charge is 2.37. The number of aliphatic carboxylic acids is 1. The monoisotopic (exact) mass is 396 g/mol. The number of aromatic nitrogens is 1. The van der Waals surface area contributed by atoms with E-state index in [4.69, 9.17) is 16.7 Å². The van der Waals surface area contributed by atoms with Gasteiger partial charge in [-0.15, -0.1) is 0 Å². The minimum absolute atomic E-state index is 0.0967. The van der Waals surface area contributed by atoms with E-state index in [1.165, 1.54) is 4.31 Å². The van der Waals surface area contributed by atoms with Crippen LogP contribution in [-0.2, 0) is 21.4 Å². The Balaban J connectivity index is 2.05. The van der Waals surface area contributed by atoms with Gasteiger partial charge in [0.15, 0.2) is 0 Å². The summed E-state index contributed by atoms with van der Waals surface area (Å²) in [6.07, 6.45) is 2.02. The lowest BCUT2D eigenvalue weighted by molar-refractivity contribution is -0.137. The van der Waals surface area contributed by atoms with Crippen LogP contribution in [0.15, 0.2) is 35.4 Å². The van der Waals surface area contributed by atoms with Crippen LogP contribution in [0.3, 0.4) is 0 Å². The summed E-state index contributed by atoms with van der Waals surface area (Å²) < 4.78 is 30.2. The second-order valence-corrected chi connectivity index (χ2v) is 8.82. The van der Waals surface area contributed by atoms with Crippen LogP contribution < -0.4 is 0 Å². The lowest BCUT2D eigenvalue weighted by Crippen LogP contribution is -2.42. The standard InChI is InChI=1S/C18H21ClN2O4S/c1-12-11-17(13(2)10-14(12)19)26(24,25)21-9-8-20-7-3-4-15(20)16(21)5-6-18(22)23/h3-4,7,10-11,16H,5-6,8-9H2,1-2H3,(H,22,23). The number of carboxylic acid groups (broad SMARTS) is 1. The smallest absolute Gasteiger partial charge is 0.303 e. The van der Waals surface area contributed by atoms with Gasteiger partial charge >= 0.3 is 5.97 Å². The lowest BCUT2D eigenvalue weighted by atomic mass is 10.1. The number of hydrogen-bond donors (Lipinski definition) is 1. The number of benzene rings is 1. The molecular weight excluding hydrogens is 376 g/mol. The molecule has 8 heteroatoms. The van der Waals surface area contributed by atoms with Crippen molar-refractivity contribution in [3.05, 3.63) is 52.3 Å². The fourth-order valence-electron chi connectivity index (χ4n) is 3.44. The molecule has 0 spiro atoms. The van der Waals surface area contributed by atoms with Crippen molar-refractivity contribution in [2.45, 2.75) is 44.2 Å². The molecule has 0 saturated carbocycles. The Bertz CT molecular complexity index is 952. The van der Waals surface area contributed by atoms with Gasteiger partial charge in [0.2, 0.25) is 10.0 Å². The van der Waals surface area contributed by atoms with E-state index in [0.717, 1.165) is 5.69 Å². The van der Waals surface area contributed by atoms with Crippen LogP contribution in [0, 0.1) is 13.8 Å². The van der Waals surface area contributed by atoms with E-state index in [0.29, 0.717) is 29.2 Å². The summed E-state index contributed by atoms with van der Waals surface area (Å²) in [6, 6.07) is 6.46. The molecule has 1 atom stereocenters. The van der Waals surface area contributed by atoms with Gasteiger partial charge in [-0.05, 0) is 55.7 Å². The molecular formula is C18H21ClN2O4S. The van der Waals surface area contributed by atoms with Gasteiger partial charge in [-0.1, -0.05) is 11.6 Å². The first-order valence-electron chi connectivity index (χ1n) is 8.37. The molecule has 0 amide bonds. The van der Waals surface area contributed by atoms with Crippen LogP contribution in [0.5, 0.6) is 0 Å². The van der Waals surface area contributed by atoms with Gasteiger partial charge in [-0.25, -0.2) is 8.42 Å². The van der Waals surface area contributed by atoms with E-state index in [2.05, 4.69) is 0 Å². The molecule has 1 aromatic carbocycles. The van der Waals surface area contributed by atoms with Crippen molar-refractivity contribution in [3.8, 4) is 0 Å². The van der Waals surface area contributed by atoms with Gasteiger partial charge in [-0.3, -0.25) is 4.79 Å². The summed E-state index contributed by atoms with van der Waals surface area (Å²) in [5.74, 6) is -0.940. The lowest BCUT2D eigenvalue weighted by Gasteiger charge is -2.36. The molecule has 0 saturated heterocycles. The maximum absolute atomic E-state index is 13.4. The van der Waals surface area contributed by atoms with Crippen molar-refractivity contribution in [3.63, 3.8) is 0 Å². The Morgan fingerprint density at radius 1 is 1.27 bits per heavy atom. The van der Waals surface area contributed by atoms with E-state index in [1.807, 2.05) is 22.9 Å². The quantitative estimate of drug-likeness (QED) is 0.840. The Kier molecular flexibility index (Phi) is 5.14. The molecule has 2 heterocycles. The highest BCUT2D eigenvalue weighted by Crippen LogP contribution is 2.36. The number of rotatable bonds is 5. The highest BCUT2D eigenvalue weighted by atomic mass is 35.5. The van der Waals surface area contributed by atoms with Crippen LogP contribution in [0.25, 0.3) is 0 Å². The number of aryl methyl sites for hydroxylation is 2. The number of carboxylic acids is 1. The first-order valence-corrected chi connectivity index (χ1v) is 10.2. The van der Waals surface area contributed by atoms with Crippen LogP contribution in [-0.4, -0.2) is 34.9 Å². The van der Waals surface area contributed by atoms with Crippen LogP contribution in [0.1, 0.15) is 35.7 Å². The molecule has 0 aliphatic carbocycles. The first-order chi connectivity index (χ1) is 12.2. The summed E-state index contributed by atoms with van der Waals surface area (Å²) in [6.45, 7) is 4.33. The minimum Gasteiger partial charge on any atom is -0.481 e. The number of hydrogen-bond acceptors (Lipinski definition) is 3. The summed E-state index contributed by atoms with van der Waals surface area (Å²) in [4.78, 5) is 11.3. The normalized spacial score (nSPS) is 17.9. The third-order valence-corrected chi connectivity index (χ3v) is 7.25. The molecule has 0 radical (unpaired) electrons. The van der Waals surface area contributed by atoms with Gasteiger partial charge in [-0.2, -0.15) is 4.31 Å². The third kappa shape index (κ3) is 3.39. The van der Waals surface area contributed by atoms with Crippen molar-refractivity contribution in [1.82, 2.24) is 8.87 Å². The topological polar surface area (TPSA) is 79.6 Å². The molecule has 6 nitrogen and oxygen atoms in total. The Morgan fingerprint density at radius 3 is 2.69 bits per heavy atom. The van der Waals surface area contributed by atoms with Crippen molar-refractivity contribution in [2.75, 3.05) is 6.54 Å². The van der Waals surface area contributed by atoms with Crippen molar-refractivity contribution in [1.29, 1.82) is 0 Å². The second kappa shape index (κ2) is 7.06. The number of sulfonamides is 1. The minimum atomic E-state index is -3.78. The number of carbonyl (C=O) groups is 1. The van der Waals surface area contributed by atoms with E-state index in [-0.39, 0.29) is 17.7 Å². The van der Waals surface area contributed by atoms with Gasteiger partial charge in [0.05, 0.1) is 10.9 Å². The molecule has 1 aromatic heterocycles. The van der Waals surface area contributed by atoms with Gasteiger partial charge in [0.25, 0.3) is 0 Å². The van der Waals surface area contributed by atoms with Gasteiger partial charge in [0.1, 0.15) is 0 Å². The van der Waals surface area contributed by atoms with Crippen molar-refractivity contribution in [2.24, 2.45) is 0 Å². The third-order valence-electron chi connectivity index (χ3n) is 4.79. The van der Waals surface area contributed by atoms with E-state index >= 15 is 0 Å². The van der Waals surface area contributed by atoms with Crippen LogP contribution >= 0.6 is 11.6 Å². The fourth-order valence-corrected chi connectivity index (χ4v) is 5.57. The molecule has 140 valence electrons. The molecule has 3 rings (SSSR count). The predicted octanol–water partition coefficient (Wildman–Crippen LogP) is 3.37. The molecule has 1 unspecified atom stereocenters. The molecule has 1 aliphatic rings. The summed E-state index contributed by atoms with van der Waals surface area (Å²) in [5, 5.41) is 9.59. The van der Waals surface area contributed by atoms with Crippen molar-refractivity contribution < 1.29 is 18.3 Å². The zero-order valence-electron chi connectivity index (χ0n) is 14.6. The zero-order valence-corrected chi connectivity index (χ0v) is 16.2. The number of nitrogens with zero attached hydrogens (tertiary/aromatic N) is 2. The molecule has 0 fully saturated rings. The Labute approximate surface area is 158 Å². The summed E-state index contributed by atoms with van der Waals surface area (Å²) in [5.41, 5.74) is 2.10. The largest absolute Gasteiger partial charge is 0.481 e.